The molecule has 0 spiro atoms. The first-order chi connectivity index (χ1) is 4.93. The molecule has 2 nitrogen and oxygen atoms in total. The fourth-order valence-electron chi connectivity index (χ4n) is 0.814. The van der Waals surface area contributed by atoms with E-state index in [1.165, 1.54) is 19.3 Å². The quantitative estimate of drug-likeness (QED) is 0.252. The van der Waals surface area contributed by atoms with Gasteiger partial charge in [0.15, 0.2) is 0 Å². The smallest absolute Gasteiger partial charge is 0.135 e. The molecule has 1 aliphatic rings. The number of hydrogen-bond acceptors (Lipinski definition) is 2. The first-order valence-corrected chi connectivity index (χ1v) is 3.70. The van der Waals surface area contributed by atoms with E-state index in [2.05, 4.69) is 11.7 Å². The van der Waals surface area contributed by atoms with Gasteiger partial charge < -0.3 is 4.84 Å². The molecule has 0 aromatic rings. The summed E-state index contributed by atoms with van der Waals surface area (Å²) in [6, 6.07) is 0. The van der Waals surface area contributed by atoms with Gasteiger partial charge in [-0.1, -0.05) is 24.2 Å². The molecule has 0 atom stereocenters. The summed E-state index contributed by atoms with van der Waals surface area (Å²) < 4.78 is 0. The van der Waals surface area contributed by atoms with Gasteiger partial charge >= 0.3 is 0 Å². The lowest BCUT2D eigenvalue weighted by molar-refractivity contribution is 0.173. The molecule has 0 heterocycles. The third-order valence-corrected chi connectivity index (χ3v) is 1.69. The Hall–Kier alpha value is -0.790. The van der Waals surface area contributed by atoms with E-state index in [-0.39, 0.29) is 0 Å². The summed E-state index contributed by atoms with van der Waals surface area (Å²) in [4.78, 5) is 4.84. The van der Waals surface area contributed by atoms with Crippen LogP contribution in [-0.4, -0.2) is 12.8 Å². The molecule has 0 amide bonds. The zero-order chi connectivity index (χ0) is 7.23. The molecule has 0 unspecified atom stereocenters. The van der Waals surface area contributed by atoms with E-state index >= 15 is 0 Å². The van der Waals surface area contributed by atoms with Crippen LogP contribution >= 0.6 is 0 Å². The second-order valence-corrected chi connectivity index (χ2v) is 2.53. The number of hydrogen-bond donors (Lipinski definition) is 0. The Morgan fingerprint density at radius 2 is 2.40 bits per heavy atom. The van der Waals surface area contributed by atoms with Crippen LogP contribution in [0, 0.1) is 5.92 Å². The van der Waals surface area contributed by atoms with Crippen molar-refractivity contribution in [3.8, 4) is 0 Å². The molecule has 1 aliphatic carbocycles. The van der Waals surface area contributed by atoms with Crippen LogP contribution in [0.1, 0.15) is 19.3 Å². The molecule has 1 fully saturated rings. The van der Waals surface area contributed by atoms with Crippen LogP contribution in [-0.2, 0) is 4.84 Å². The average molecular weight is 139 g/mol. The van der Waals surface area contributed by atoms with Gasteiger partial charge in [0, 0.05) is 6.21 Å². The van der Waals surface area contributed by atoms with Gasteiger partial charge in [-0.25, -0.2) is 0 Å². The SMILES string of the molecule is C=CCO/N=C\C1CCC1. The second-order valence-electron chi connectivity index (χ2n) is 2.53. The molecule has 1 rings (SSSR count). The molecule has 0 N–H and O–H groups in total. The minimum Gasteiger partial charge on any atom is -0.392 e. The van der Waals surface area contributed by atoms with Gasteiger partial charge in [0.25, 0.3) is 0 Å². The fourth-order valence-corrected chi connectivity index (χ4v) is 0.814. The van der Waals surface area contributed by atoms with Crippen LogP contribution < -0.4 is 0 Å². The first kappa shape index (κ1) is 7.32. The van der Waals surface area contributed by atoms with E-state index in [4.69, 9.17) is 4.84 Å². The van der Waals surface area contributed by atoms with Crippen molar-refractivity contribution in [2.75, 3.05) is 6.61 Å². The normalized spacial score (nSPS) is 18.8. The molecule has 0 radical (unpaired) electrons. The van der Waals surface area contributed by atoms with Crippen molar-refractivity contribution in [3.05, 3.63) is 12.7 Å². The van der Waals surface area contributed by atoms with Crippen LogP contribution in [0.2, 0.25) is 0 Å². The monoisotopic (exact) mass is 139 g/mol. The van der Waals surface area contributed by atoms with E-state index in [1.54, 1.807) is 6.08 Å². The summed E-state index contributed by atoms with van der Waals surface area (Å²) in [7, 11) is 0. The Bertz CT molecular complexity index is 127. The largest absolute Gasteiger partial charge is 0.392 e. The standard InChI is InChI=1S/C8H13NO/c1-2-6-10-9-7-8-4-3-5-8/h2,7-8H,1,3-6H2/b9-7-. The number of nitrogens with zero attached hydrogens (tertiary/aromatic N) is 1. The van der Waals surface area contributed by atoms with Gasteiger partial charge in [0.05, 0.1) is 0 Å². The van der Waals surface area contributed by atoms with Gasteiger partial charge in [-0.3, -0.25) is 0 Å². The molecule has 2 heteroatoms. The van der Waals surface area contributed by atoms with Gasteiger partial charge in [-0.2, -0.15) is 0 Å². The van der Waals surface area contributed by atoms with Crippen molar-refractivity contribution >= 4 is 6.21 Å². The summed E-state index contributed by atoms with van der Waals surface area (Å²) in [6.07, 6.45) is 7.49. The minimum absolute atomic E-state index is 0.517. The highest BCUT2D eigenvalue weighted by Crippen LogP contribution is 2.23. The Morgan fingerprint density at radius 3 is 2.90 bits per heavy atom. The molecule has 0 aromatic heterocycles. The van der Waals surface area contributed by atoms with Crippen LogP contribution in [0.3, 0.4) is 0 Å². The molecule has 0 saturated heterocycles. The van der Waals surface area contributed by atoms with E-state index in [1.807, 2.05) is 6.21 Å². The lowest BCUT2D eigenvalue weighted by atomic mass is 9.87. The Labute approximate surface area is 61.6 Å². The summed E-state index contributed by atoms with van der Waals surface area (Å²) in [5.41, 5.74) is 0. The average Bonchev–Trinajstić information content (AvgIpc) is 1.84. The summed E-state index contributed by atoms with van der Waals surface area (Å²) in [6.45, 7) is 4.03. The summed E-state index contributed by atoms with van der Waals surface area (Å²) >= 11 is 0. The molecule has 0 aliphatic heterocycles. The highest BCUT2D eigenvalue weighted by Gasteiger charge is 2.14. The minimum atomic E-state index is 0.517. The molecule has 1 saturated carbocycles. The maximum Gasteiger partial charge on any atom is 0.135 e. The van der Waals surface area contributed by atoms with E-state index in [9.17, 15) is 0 Å². The van der Waals surface area contributed by atoms with Crippen LogP contribution in [0.15, 0.2) is 17.8 Å². The Kier molecular flexibility index (Phi) is 3.00. The predicted molar refractivity (Wildman–Crippen MR) is 42.0 cm³/mol. The van der Waals surface area contributed by atoms with E-state index in [0.717, 1.165) is 0 Å². The van der Waals surface area contributed by atoms with E-state index < -0.39 is 0 Å². The van der Waals surface area contributed by atoms with Crippen LogP contribution in [0.4, 0.5) is 0 Å². The first-order valence-electron chi connectivity index (χ1n) is 3.70. The lowest BCUT2D eigenvalue weighted by Crippen LogP contribution is -2.11. The van der Waals surface area contributed by atoms with Gasteiger partial charge in [-0.15, -0.1) is 0 Å². The maximum atomic E-state index is 4.84. The second kappa shape index (κ2) is 4.09. The van der Waals surface area contributed by atoms with Crippen LogP contribution in [0.5, 0.6) is 0 Å². The maximum absolute atomic E-state index is 4.84. The van der Waals surface area contributed by atoms with Crippen molar-refractivity contribution in [2.45, 2.75) is 19.3 Å². The van der Waals surface area contributed by atoms with Gasteiger partial charge in [-0.05, 0) is 18.8 Å². The molecule has 0 bridgehead atoms. The van der Waals surface area contributed by atoms with Crippen LogP contribution in [0.25, 0.3) is 0 Å². The van der Waals surface area contributed by atoms with Crippen molar-refractivity contribution in [2.24, 2.45) is 11.1 Å². The van der Waals surface area contributed by atoms with Gasteiger partial charge in [0.2, 0.25) is 0 Å². The molecule has 10 heavy (non-hydrogen) atoms. The zero-order valence-corrected chi connectivity index (χ0v) is 6.12. The third-order valence-electron chi connectivity index (χ3n) is 1.69. The molecule has 56 valence electrons. The fraction of sp³-hybridized carbons (Fsp3) is 0.625. The van der Waals surface area contributed by atoms with Crippen molar-refractivity contribution in [3.63, 3.8) is 0 Å². The number of rotatable bonds is 4. The summed E-state index contributed by atoms with van der Waals surface area (Å²) in [5.74, 6) is 0.685. The number of oxime groups is 1. The highest BCUT2D eigenvalue weighted by molar-refractivity contribution is 5.60. The van der Waals surface area contributed by atoms with Crippen molar-refractivity contribution < 1.29 is 4.84 Å². The molecule has 0 aromatic carbocycles. The van der Waals surface area contributed by atoms with Crippen molar-refractivity contribution in [1.82, 2.24) is 0 Å². The third kappa shape index (κ3) is 2.21. The molecular formula is C8H13NO. The molecular weight excluding hydrogens is 126 g/mol. The zero-order valence-electron chi connectivity index (χ0n) is 6.12. The van der Waals surface area contributed by atoms with E-state index in [0.29, 0.717) is 12.5 Å². The van der Waals surface area contributed by atoms with Crippen molar-refractivity contribution in [1.29, 1.82) is 0 Å². The lowest BCUT2D eigenvalue weighted by Gasteiger charge is -2.19. The van der Waals surface area contributed by atoms with Gasteiger partial charge in [0.1, 0.15) is 6.61 Å². The highest BCUT2D eigenvalue weighted by atomic mass is 16.6. The Balaban J connectivity index is 1.98. The predicted octanol–water partition coefficient (Wildman–Crippen LogP) is 1.97. The summed E-state index contributed by atoms with van der Waals surface area (Å²) in [5, 5.41) is 3.79. The topological polar surface area (TPSA) is 21.6 Å². The Morgan fingerprint density at radius 1 is 1.60 bits per heavy atom.